The molecule has 3 rings (SSSR count). The second kappa shape index (κ2) is 5.38. The molecule has 1 aliphatic heterocycles. The molecule has 2 aromatic rings. The average molecular weight is 285 g/mol. The van der Waals surface area contributed by atoms with E-state index in [1.165, 1.54) is 19.3 Å². The van der Waals surface area contributed by atoms with E-state index >= 15 is 0 Å². The van der Waals surface area contributed by atoms with Gasteiger partial charge in [-0.3, -0.25) is 0 Å². The molecule has 5 nitrogen and oxygen atoms in total. The lowest BCUT2D eigenvalue weighted by Crippen LogP contribution is -2.29. The number of anilines is 1. The SMILES string of the molecule is CC(C)(O)C#Cc1cc(N2CCCCC2)cc2nonc12. The molecule has 0 bridgehead atoms. The lowest BCUT2D eigenvalue weighted by atomic mass is 10.1. The Hall–Kier alpha value is -2.06. The van der Waals surface area contributed by atoms with Crippen molar-refractivity contribution in [2.45, 2.75) is 38.7 Å². The normalized spacial score (nSPS) is 15.9. The van der Waals surface area contributed by atoms with E-state index in [0.717, 1.165) is 24.3 Å². The predicted octanol–water partition coefficient (Wildman–Crippen LogP) is 2.34. The third kappa shape index (κ3) is 3.17. The number of benzene rings is 1. The summed E-state index contributed by atoms with van der Waals surface area (Å²) in [4.78, 5) is 2.34. The number of nitrogens with zero attached hydrogens (tertiary/aromatic N) is 3. The van der Waals surface area contributed by atoms with Crippen LogP contribution < -0.4 is 4.90 Å². The standard InChI is InChI=1S/C16H19N3O2/c1-16(2,20)7-6-12-10-13(19-8-4-3-5-9-19)11-14-15(12)18-21-17-14/h10-11,20H,3-5,8-9H2,1-2H3. The van der Waals surface area contributed by atoms with Crippen LogP contribution in [-0.2, 0) is 0 Å². The van der Waals surface area contributed by atoms with Crippen molar-refractivity contribution in [1.82, 2.24) is 10.3 Å². The number of aliphatic hydroxyl groups is 1. The van der Waals surface area contributed by atoms with Gasteiger partial charge in [0.05, 0.1) is 5.56 Å². The Morgan fingerprint density at radius 1 is 1.19 bits per heavy atom. The van der Waals surface area contributed by atoms with Crippen molar-refractivity contribution in [3.63, 3.8) is 0 Å². The van der Waals surface area contributed by atoms with Crippen LogP contribution in [0.25, 0.3) is 11.0 Å². The van der Waals surface area contributed by atoms with E-state index in [2.05, 4.69) is 27.1 Å². The summed E-state index contributed by atoms with van der Waals surface area (Å²) in [5.41, 5.74) is 2.16. The molecule has 0 saturated carbocycles. The highest BCUT2D eigenvalue weighted by Gasteiger charge is 2.15. The number of piperidine rings is 1. The maximum Gasteiger partial charge on any atom is 0.150 e. The molecular formula is C16H19N3O2. The van der Waals surface area contributed by atoms with Gasteiger partial charge in [-0.05, 0) is 55.6 Å². The quantitative estimate of drug-likeness (QED) is 0.815. The van der Waals surface area contributed by atoms with Crippen LogP contribution in [0.4, 0.5) is 5.69 Å². The number of hydrogen-bond donors (Lipinski definition) is 1. The number of rotatable bonds is 1. The molecule has 0 radical (unpaired) electrons. The van der Waals surface area contributed by atoms with Gasteiger partial charge >= 0.3 is 0 Å². The second-order valence-electron chi connectivity index (χ2n) is 5.98. The summed E-state index contributed by atoms with van der Waals surface area (Å²) in [6.45, 7) is 5.42. The summed E-state index contributed by atoms with van der Waals surface area (Å²) in [7, 11) is 0. The van der Waals surface area contributed by atoms with E-state index in [1.807, 2.05) is 12.1 Å². The van der Waals surface area contributed by atoms with Gasteiger partial charge in [-0.25, -0.2) is 4.63 Å². The smallest absolute Gasteiger partial charge is 0.150 e. The third-order valence-electron chi connectivity index (χ3n) is 3.57. The highest BCUT2D eigenvalue weighted by molar-refractivity contribution is 5.84. The van der Waals surface area contributed by atoms with Crippen LogP contribution in [0, 0.1) is 11.8 Å². The molecule has 0 atom stereocenters. The molecule has 0 aliphatic carbocycles. The van der Waals surface area contributed by atoms with Crippen LogP contribution in [0.5, 0.6) is 0 Å². The van der Waals surface area contributed by atoms with E-state index in [4.69, 9.17) is 4.63 Å². The van der Waals surface area contributed by atoms with Gasteiger partial charge in [-0.1, -0.05) is 11.8 Å². The van der Waals surface area contributed by atoms with Crippen molar-refractivity contribution in [3.8, 4) is 11.8 Å². The third-order valence-corrected chi connectivity index (χ3v) is 3.57. The first-order valence-corrected chi connectivity index (χ1v) is 7.30. The molecule has 110 valence electrons. The van der Waals surface area contributed by atoms with E-state index < -0.39 is 5.60 Å². The summed E-state index contributed by atoms with van der Waals surface area (Å²) in [5.74, 6) is 5.83. The molecule has 1 aromatic carbocycles. The fourth-order valence-corrected chi connectivity index (χ4v) is 2.53. The summed E-state index contributed by atoms with van der Waals surface area (Å²) in [6.07, 6.45) is 3.70. The fourth-order valence-electron chi connectivity index (χ4n) is 2.53. The van der Waals surface area contributed by atoms with Gasteiger partial charge < -0.3 is 10.0 Å². The number of hydrogen-bond acceptors (Lipinski definition) is 5. The summed E-state index contributed by atoms with van der Waals surface area (Å²) >= 11 is 0. The minimum Gasteiger partial charge on any atom is -0.378 e. The van der Waals surface area contributed by atoms with E-state index in [9.17, 15) is 5.11 Å². The van der Waals surface area contributed by atoms with Gasteiger partial charge in [-0.15, -0.1) is 0 Å². The molecule has 2 heterocycles. The van der Waals surface area contributed by atoms with Crippen molar-refractivity contribution in [2.75, 3.05) is 18.0 Å². The molecule has 1 N–H and O–H groups in total. The zero-order valence-corrected chi connectivity index (χ0v) is 12.4. The van der Waals surface area contributed by atoms with Gasteiger partial charge in [0.15, 0.2) is 5.52 Å². The first-order valence-electron chi connectivity index (χ1n) is 7.30. The molecule has 0 spiro atoms. The average Bonchev–Trinajstić information content (AvgIpc) is 2.93. The van der Waals surface area contributed by atoms with Crippen molar-refractivity contribution in [2.24, 2.45) is 0 Å². The first-order chi connectivity index (χ1) is 10.0. The minimum atomic E-state index is -1.04. The second-order valence-corrected chi connectivity index (χ2v) is 5.98. The van der Waals surface area contributed by atoms with Crippen LogP contribution in [0.15, 0.2) is 16.8 Å². The predicted molar refractivity (Wildman–Crippen MR) is 81.0 cm³/mol. The first kappa shape index (κ1) is 13.9. The zero-order valence-electron chi connectivity index (χ0n) is 12.4. The zero-order chi connectivity index (χ0) is 14.9. The van der Waals surface area contributed by atoms with Crippen LogP contribution >= 0.6 is 0 Å². The van der Waals surface area contributed by atoms with E-state index in [-0.39, 0.29) is 0 Å². The topological polar surface area (TPSA) is 62.4 Å². The van der Waals surface area contributed by atoms with E-state index in [0.29, 0.717) is 11.0 Å². The van der Waals surface area contributed by atoms with Crippen molar-refractivity contribution >= 4 is 16.7 Å². The maximum atomic E-state index is 9.78. The van der Waals surface area contributed by atoms with Crippen LogP contribution in [0.1, 0.15) is 38.7 Å². The minimum absolute atomic E-state index is 0.646. The van der Waals surface area contributed by atoms with Gasteiger partial charge in [0.25, 0.3) is 0 Å². The summed E-state index contributed by atoms with van der Waals surface area (Å²) in [5, 5.41) is 17.6. The Morgan fingerprint density at radius 3 is 2.67 bits per heavy atom. The lowest BCUT2D eigenvalue weighted by molar-refractivity contribution is 0.143. The van der Waals surface area contributed by atoms with Crippen LogP contribution in [0.2, 0.25) is 0 Å². The monoisotopic (exact) mass is 285 g/mol. The molecule has 1 aliphatic rings. The molecule has 1 fully saturated rings. The fraction of sp³-hybridized carbons (Fsp3) is 0.500. The van der Waals surface area contributed by atoms with Crippen molar-refractivity contribution in [3.05, 3.63) is 17.7 Å². The van der Waals surface area contributed by atoms with Crippen molar-refractivity contribution in [1.29, 1.82) is 0 Å². The molecule has 5 heteroatoms. The van der Waals surface area contributed by atoms with Gasteiger partial charge in [-0.2, -0.15) is 0 Å². The molecule has 21 heavy (non-hydrogen) atoms. The lowest BCUT2D eigenvalue weighted by Gasteiger charge is -2.28. The Morgan fingerprint density at radius 2 is 1.95 bits per heavy atom. The highest BCUT2D eigenvalue weighted by atomic mass is 16.6. The molecular weight excluding hydrogens is 266 g/mol. The summed E-state index contributed by atoms with van der Waals surface area (Å²) in [6, 6.07) is 4.00. The summed E-state index contributed by atoms with van der Waals surface area (Å²) < 4.78 is 4.83. The Kier molecular flexibility index (Phi) is 3.56. The Balaban J connectivity index is 2.04. The Labute approximate surface area is 123 Å². The van der Waals surface area contributed by atoms with E-state index in [1.54, 1.807) is 13.8 Å². The molecule has 0 unspecified atom stereocenters. The van der Waals surface area contributed by atoms with Crippen molar-refractivity contribution < 1.29 is 9.74 Å². The van der Waals surface area contributed by atoms with Crippen LogP contribution in [-0.4, -0.2) is 34.1 Å². The van der Waals surface area contributed by atoms with Gasteiger partial charge in [0.1, 0.15) is 11.1 Å². The largest absolute Gasteiger partial charge is 0.378 e. The van der Waals surface area contributed by atoms with Gasteiger partial charge in [0.2, 0.25) is 0 Å². The molecule has 1 saturated heterocycles. The Bertz CT molecular complexity index is 698. The number of fused-ring (bicyclic) bond motifs is 1. The van der Waals surface area contributed by atoms with Crippen LogP contribution in [0.3, 0.4) is 0 Å². The molecule has 1 aromatic heterocycles. The highest BCUT2D eigenvalue weighted by Crippen LogP contribution is 2.26. The molecule has 0 amide bonds. The number of aromatic nitrogens is 2. The maximum absolute atomic E-state index is 9.78. The van der Waals surface area contributed by atoms with Gasteiger partial charge in [0, 0.05) is 18.8 Å².